The molecule has 0 aromatic heterocycles. The van der Waals surface area contributed by atoms with E-state index >= 15 is 0 Å². The SMILES string of the molecule is CC(C)(C)N([SiH3])[Si](C)(C)C.CC(C)N([SiH3])[Si](C)(C)C.CCC(C)N([SiH3])[Si](C)(C)C.CCN([SiH3])[Si](C)(C)C.CN([SiH3])[Si](C)(C)C. The van der Waals surface area contributed by atoms with Crippen molar-refractivity contribution in [1.82, 2.24) is 21.2 Å². The molecule has 0 N–H and O–H groups in total. The lowest BCUT2D eigenvalue weighted by molar-refractivity contribution is 0.369. The maximum atomic E-state index is 2.69. The molecule has 0 aliphatic carbocycles. The molecule has 5 nitrogen and oxygen atoms in total. The first kappa shape index (κ1) is 55.4. The zero-order chi connectivity index (χ0) is 37.5. The Kier molecular flexibility index (Phi) is 29.4. The number of rotatable bonds is 9. The predicted octanol–water partition coefficient (Wildman–Crippen LogP) is 3.67. The van der Waals surface area contributed by atoms with Crippen LogP contribution in [0.3, 0.4) is 0 Å². The molecule has 0 aromatic rings. The van der Waals surface area contributed by atoms with Gasteiger partial charge in [-0.3, -0.25) is 0 Å². The van der Waals surface area contributed by atoms with Crippen molar-refractivity contribution in [1.29, 1.82) is 0 Å². The minimum atomic E-state index is -1.00. The molecule has 0 radical (unpaired) electrons. The van der Waals surface area contributed by atoms with Gasteiger partial charge in [-0.05, 0) is 58.4 Å². The van der Waals surface area contributed by atoms with Crippen molar-refractivity contribution in [3.05, 3.63) is 0 Å². The predicted molar refractivity (Wildman–Crippen MR) is 247 cm³/mol. The summed E-state index contributed by atoms with van der Waals surface area (Å²) in [6.45, 7) is 55.5. The first-order chi connectivity index (χ1) is 18.8. The average molecular weight is 793 g/mol. The van der Waals surface area contributed by atoms with Gasteiger partial charge in [0.1, 0.15) is 41.2 Å². The van der Waals surface area contributed by atoms with Crippen molar-refractivity contribution in [2.45, 2.75) is 178 Å². The zero-order valence-corrected chi connectivity index (χ0v) is 51.8. The second kappa shape index (κ2) is 23.4. The number of nitrogens with zero attached hydrogens (tertiary/aromatic N) is 5. The van der Waals surface area contributed by atoms with Crippen LogP contribution in [0.1, 0.15) is 61.8 Å². The molecule has 0 fully saturated rings. The van der Waals surface area contributed by atoms with E-state index in [1.165, 1.54) is 65.0 Å². The van der Waals surface area contributed by atoms with Crippen LogP contribution in [0.25, 0.3) is 0 Å². The summed E-state index contributed by atoms with van der Waals surface area (Å²) in [6, 6.07) is 1.58. The van der Waals surface area contributed by atoms with Crippen LogP contribution in [0.2, 0.25) is 98.2 Å². The quantitative estimate of drug-likeness (QED) is 0.331. The first-order valence-corrected chi connectivity index (χ1v) is 39.1. The van der Waals surface area contributed by atoms with E-state index in [2.05, 4.69) is 182 Å². The Bertz CT molecular complexity index is 674. The highest BCUT2D eigenvalue weighted by molar-refractivity contribution is 6.78. The highest BCUT2D eigenvalue weighted by atomic mass is 28.4. The van der Waals surface area contributed by atoms with Crippen LogP contribution in [0.4, 0.5) is 0 Å². The summed E-state index contributed by atoms with van der Waals surface area (Å²) >= 11 is 0. The van der Waals surface area contributed by atoms with E-state index in [1.807, 2.05) is 0 Å². The molecule has 1 unspecified atom stereocenters. The summed E-state index contributed by atoms with van der Waals surface area (Å²) in [5, 5.41) is 0. The van der Waals surface area contributed by atoms with Gasteiger partial charge in [0.25, 0.3) is 0 Å². The molecule has 0 heterocycles. The van der Waals surface area contributed by atoms with E-state index < -0.39 is 41.2 Å². The fraction of sp³-hybridized carbons (Fsp3) is 1.00. The molecule has 0 spiro atoms. The third-order valence-electron chi connectivity index (χ3n) is 9.12. The molecule has 0 amide bonds. The van der Waals surface area contributed by atoms with Gasteiger partial charge >= 0.3 is 0 Å². The molecule has 0 rings (SSSR count). The molecule has 274 valence electrons. The van der Waals surface area contributed by atoms with Crippen molar-refractivity contribution in [3.8, 4) is 0 Å². The van der Waals surface area contributed by atoms with Crippen molar-refractivity contribution in [2.75, 3.05) is 13.6 Å². The lowest BCUT2D eigenvalue weighted by atomic mass is 10.1. The molecular formula is C29H93N5Si10. The van der Waals surface area contributed by atoms with Gasteiger partial charge in [-0.1, -0.05) is 133 Å². The maximum Gasteiger partial charge on any atom is 0.112 e. The first-order valence-electron chi connectivity index (χ1n) is 17.4. The van der Waals surface area contributed by atoms with E-state index in [9.17, 15) is 0 Å². The van der Waals surface area contributed by atoms with Gasteiger partial charge < -0.3 is 21.2 Å². The molecule has 0 aromatic carbocycles. The second-order valence-electron chi connectivity index (χ2n) is 19.1. The van der Waals surface area contributed by atoms with Gasteiger partial charge in [0, 0.05) is 0 Å². The van der Waals surface area contributed by atoms with Crippen LogP contribution in [0.5, 0.6) is 0 Å². The third kappa shape index (κ3) is 32.5. The minimum Gasteiger partial charge on any atom is -0.356 e. The lowest BCUT2D eigenvalue weighted by Gasteiger charge is -2.41. The van der Waals surface area contributed by atoms with Crippen LogP contribution in [-0.2, 0) is 0 Å². The summed E-state index contributed by atoms with van der Waals surface area (Å²) in [5.74, 6) is 0. The zero-order valence-electron chi connectivity index (χ0n) is 36.8. The Morgan fingerprint density at radius 3 is 0.841 bits per heavy atom. The van der Waals surface area contributed by atoms with Crippen molar-refractivity contribution < 1.29 is 0 Å². The van der Waals surface area contributed by atoms with Crippen LogP contribution in [0.15, 0.2) is 0 Å². The average Bonchev–Trinajstić information content (AvgIpc) is 2.79. The molecule has 0 aliphatic heterocycles. The van der Waals surface area contributed by atoms with Crippen molar-refractivity contribution in [3.63, 3.8) is 0 Å². The molecule has 0 aliphatic rings. The number of hydrogen-bond donors (Lipinski definition) is 0. The topological polar surface area (TPSA) is 16.2 Å². The normalized spacial score (nSPS) is 14.3. The summed E-state index contributed by atoms with van der Waals surface area (Å²) in [7, 11) is 3.76. The fourth-order valence-electron chi connectivity index (χ4n) is 3.19. The second-order valence-corrected chi connectivity index (χ2v) is 54.2. The smallest absolute Gasteiger partial charge is 0.112 e. The Balaban J connectivity index is -0.000000145. The summed E-state index contributed by atoms with van der Waals surface area (Å²) in [4.78, 5) is 0. The summed E-state index contributed by atoms with van der Waals surface area (Å²) < 4.78 is 13.0. The van der Waals surface area contributed by atoms with Crippen molar-refractivity contribution >= 4 is 93.2 Å². The molecule has 44 heavy (non-hydrogen) atoms. The monoisotopic (exact) mass is 792 g/mol. The summed E-state index contributed by atoms with van der Waals surface area (Å²) in [6.07, 6.45) is 1.30. The standard InChI is InChI=1S/2C7H21NSi2.C6H19NSi2.C5H17NSi2.C4H15NSi2/c1-7(2,3)8(9)10(4,5)6;1-6-7(2)8(9)10(3,4)5;1-6(2)7(8)9(3,4)5;1-5-6(7)8(2,3)4;1-5(6)7(2,3)4/h1-6,9H3;7H,6H2,1-5,9H3;6H,1-5,8H3;5H2,1-4,7H3;1-4,6H3. The van der Waals surface area contributed by atoms with Gasteiger partial charge in [-0.2, -0.15) is 0 Å². The molecule has 1 atom stereocenters. The van der Waals surface area contributed by atoms with Crippen molar-refractivity contribution in [2.24, 2.45) is 0 Å². The maximum absolute atomic E-state index is 2.69. The van der Waals surface area contributed by atoms with Gasteiger partial charge in [0.05, 0.1) is 52.0 Å². The van der Waals surface area contributed by atoms with Gasteiger partial charge in [0.2, 0.25) is 0 Å². The Labute approximate surface area is 303 Å². The van der Waals surface area contributed by atoms with E-state index in [4.69, 9.17) is 0 Å². The third-order valence-corrected chi connectivity index (χ3v) is 46.3. The lowest BCUT2D eigenvalue weighted by Crippen LogP contribution is -2.54. The fourth-order valence-corrected chi connectivity index (χ4v) is 9.57. The van der Waals surface area contributed by atoms with Gasteiger partial charge in [-0.15, -0.1) is 0 Å². The molecular weight excluding hydrogens is 699 g/mol. The molecule has 0 bridgehead atoms. The number of hydrogen-bond acceptors (Lipinski definition) is 5. The Morgan fingerprint density at radius 1 is 0.523 bits per heavy atom. The molecule has 15 heteroatoms. The largest absolute Gasteiger partial charge is 0.356 e. The van der Waals surface area contributed by atoms with Gasteiger partial charge in [0.15, 0.2) is 0 Å². The molecule has 0 saturated carbocycles. The highest BCUT2D eigenvalue weighted by Gasteiger charge is 2.28. The highest BCUT2D eigenvalue weighted by Crippen LogP contribution is 2.18. The Hall–Kier alpha value is 1.97. The van der Waals surface area contributed by atoms with E-state index in [1.54, 1.807) is 0 Å². The van der Waals surface area contributed by atoms with E-state index in [0.29, 0.717) is 5.54 Å². The Morgan fingerprint density at radius 2 is 0.818 bits per heavy atom. The van der Waals surface area contributed by atoms with Crippen LogP contribution < -0.4 is 0 Å². The van der Waals surface area contributed by atoms with Crippen LogP contribution in [-0.4, -0.2) is 146 Å². The molecule has 0 saturated heterocycles. The van der Waals surface area contributed by atoms with Gasteiger partial charge in [-0.25, -0.2) is 0 Å². The summed E-state index contributed by atoms with van der Waals surface area (Å²) in [5.41, 5.74) is 0.399. The van der Waals surface area contributed by atoms with Crippen LogP contribution in [0, 0.1) is 0 Å². The van der Waals surface area contributed by atoms with E-state index in [0.717, 1.165) is 12.1 Å². The van der Waals surface area contributed by atoms with Crippen LogP contribution >= 0.6 is 0 Å². The van der Waals surface area contributed by atoms with E-state index in [-0.39, 0.29) is 0 Å². The minimum absolute atomic E-state index is 0.399.